The molecule has 78 valence electrons. The molecule has 0 aromatic carbocycles. The van der Waals surface area contributed by atoms with E-state index in [4.69, 9.17) is 0 Å². The fraction of sp³-hybridized carbons (Fsp3) is 0.625. The van der Waals surface area contributed by atoms with Crippen molar-refractivity contribution in [3.8, 4) is 0 Å². The van der Waals surface area contributed by atoms with E-state index in [1.54, 1.807) is 0 Å². The molecule has 1 N–H and O–H groups in total. The molecule has 1 aromatic rings. The molecule has 0 saturated heterocycles. The van der Waals surface area contributed by atoms with Gasteiger partial charge in [0.2, 0.25) is 0 Å². The molecule has 0 radical (unpaired) electrons. The third-order valence-electron chi connectivity index (χ3n) is 1.69. The SMILES string of the molecule is CCc1nnsc1C(=O)NCCCI. The lowest BCUT2D eigenvalue weighted by Crippen LogP contribution is -2.24. The highest BCUT2D eigenvalue weighted by atomic mass is 127. The normalized spacial score (nSPS) is 10.1. The highest BCUT2D eigenvalue weighted by Crippen LogP contribution is 2.10. The van der Waals surface area contributed by atoms with Gasteiger partial charge in [-0.15, -0.1) is 5.10 Å². The summed E-state index contributed by atoms with van der Waals surface area (Å²) in [6.07, 6.45) is 1.76. The van der Waals surface area contributed by atoms with Gasteiger partial charge in [0.15, 0.2) is 0 Å². The van der Waals surface area contributed by atoms with Crippen LogP contribution in [0.4, 0.5) is 0 Å². The first-order valence-corrected chi connectivity index (χ1v) is 6.74. The van der Waals surface area contributed by atoms with Crippen molar-refractivity contribution in [1.29, 1.82) is 0 Å². The molecule has 0 atom stereocenters. The van der Waals surface area contributed by atoms with Crippen LogP contribution in [0.25, 0.3) is 0 Å². The van der Waals surface area contributed by atoms with E-state index in [0.717, 1.165) is 29.5 Å². The van der Waals surface area contributed by atoms with Gasteiger partial charge in [-0.3, -0.25) is 4.79 Å². The summed E-state index contributed by atoms with van der Waals surface area (Å²) >= 11 is 3.45. The lowest BCUT2D eigenvalue weighted by molar-refractivity contribution is 0.0957. The molecule has 4 nitrogen and oxygen atoms in total. The van der Waals surface area contributed by atoms with Crippen LogP contribution < -0.4 is 5.32 Å². The molecule has 0 bridgehead atoms. The van der Waals surface area contributed by atoms with Crippen LogP contribution in [0.2, 0.25) is 0 Å². The molecule has 0 aliphatic heterocycles. The Kier molecular flexibility index (Phi) is 5.31. The Balaban J connectivity index is 2.51. The van der Waals surface area contributed by atoms with Crippen molar-refractivity contribution in [2.75, 3.05) is 11.0 Å². The molecule has 1 rings (SSSR count). The Bertz CT molecular complexity index is 303. The molecule has 1 heterocycles. The minimum absolute atomic E-state index is 0.0401. The van der Waals surface area contributed by atoms with Crippen LogP contribution in [-0.2, 0) is 6.42 Å². The Morgan fingerprint density at radius 2 is 2.43 bits per heavy atom. The van der Waals surface area contributed by atoms with Crippen molar-refractivity contribution >= 4 is 40.0 Å². The number of aromatic nitrogens is 2. The van der Waals surface area contributed by atoms with Gasteiger partial charge in [-0.2, -0.15) is 0 Å². The van der Waals surface area contributed by atoms with E-state index in [1.165, 1.54) is 11.5 Å². The van der Waals surface area contributed by atoms with Crippen molar-refractivity contribution in [2.45, 2.75) is 19.8 Å². The number of hydrogen-bond acceptors (Lipinski definition) is 4. The van der Waals surface area contributed by atoms with E-state index in [1.807, 2.05) is 6.92 Å². The monoisotopic (exact) mass is 325 g/mol. The maximum Gasteiger partial charge on any atom is 0.264 e. The lowest BCUT2D eigenvalue weighted by Gasteiger charge is -2.01. The molecular formula is C8H12IN3OS. The van der Waals surface area contributed by atoms with E-state index < -0.39 is 0 Å². The summed E-state index contributed by atoms with van der Waals surface area (Å²) in [5.74, 6) is -0.0401. The number of halogens is 1. The maximum absolute atomic E-state index is 11.6. The summed E-state index contributed by atoms with van der Waals surface area (Å²) in [5, 5.41) is 6.74. The van der Waals surface area contributed by atoms with Crippen LogP contribution in [-0.4, -0.2) is 26.5 Å². The van der Waals surface area contributed by atoms with Gasteiger partial charge >= 0.3 is 0 Å². The number of aryl methyl sites for hydroxylation is 1. The summed E-state index contributed by atoms with van der Waals surface area (Å²) < 4.78 is 4.83. The first-order valence-electron chi connectivity index (χ1n) is 4.45. The third kappa shape index (κ3) is 3.16. The van der Waals surface area contributed by atoms with Crippen LogP contribution >= 0.6 is 34.1 Å². The second-order valence-electron chi connectivity index (χ2n) is 2.70. The predicted molar refractivity (Wildman–Crippen MR) is 65.1 cm³/mol. The van der Waals surface area contributed by atoms with Crippen molar-refractivity contribution in [3.63, 3.8) is 0 Å². The number of carbonyl (C=O) groups is 1. The predicted octanol–water partition coefficient (Wildman–Crippen LogP) is 1.66. The molecule has 1 amide bonds. The summed E-state index contributed by atoms with van der Waals surface area (Å²) in [7, 11) is 0. The van der Waals surface area contributed by atoms with Crippen LogP contribution in [0.5, 0.6) is 0 Å². The Labute approximate surface area is 101 Å². The number of hydrogen-bond donors (Lipinski definition) is 1. The minimum atomic E-state index is -0.0401. The molecule has 0 unspecified atom stereocenters. The van der Waals surface area contributed by atoms with Crippen LogP contribution in [0.15, 0.2) is 0 Å². The second-order valence-corrected chi connectivity index (χ2v) is 4.53. The fourth-order valence-corrected chi connectivity index (χ4v) is 2.01. The number of nitrogens with zero attached hydrogens (tertiary/aromatic N) is 2. The summed E-state index contributed by atoms with van der Waals surface area (Å²) in [5.41, 5.74) is 0.793. The number of amides is 1. The van der Waals surface area contributed by atoms with E-state index >= 15 is 0 Å². The Morgan fingerprint density at radius 1 is 1.64 bits per heavy atom. The van der Waals surface area contributed by atoms with E-state index in [9.17, 15) is 4.79 Å². The largest absolute Gasteiger partial charge is 0.351 e. The molecule has 0 saturated carbocycles. The summed E-state index contributed by atoms with van der Waals surface area (Å²) in [6.45, 7) is 2.70. The van der Waals surface area contributed by atoms with Crippen LogP contribution in [0.3, 0.4) is 0 Å². The van der Waals surface area contributed by atoms with Crippen molar-refractivity contribution in [2.24, 2.45) is 0 Å². The first-order chi connectivity index (χ1) is 6.79. The van der Waals surface area contributed by atoms with Crippen LogP contribution in [0.1, 0.15) is 28.7 Å². The average Bonchev–Trinajstić information content (AvgIpc) is 2.65. The molecule has 0 aliphatic carbocycles. The van der Waals surface area contributed by atoms with Crippen molar-refractivity contribution < 1.29 is 4.79 Å². The summed E-state index contributed by atoms with van der Waals surface area (Å²) in [6, 6.07) is 0. The van der Waals surface area contributed by atoms with Gasteiger partial charge in [0.25, 0.3) is 5.91 Å². The molecule has 0 spiro atoms. The quantitative estimate of drug-likeness (QED) is 0.509. The van der Waals surface area contributed by atoms with Gasteiger partial charge in [0, 0.05) is 11.0 Å². The molecule has 1 aromatic heterocycles. The summed E-state index contributed by atoms with van der Waals surface area (Å²) in [4.78, 5) is 12.2. The standard InChI is InChI=1S/C8H12IN3OS/c1-2-6-7(14-12-11-6)8(13)10-5-3-4-9/h2-5H2,1H3,(H,10,13). The van der Waals surface area contributed by atoms with E-state index in [-0.39, 0.29) is 5.91 Å². The van der Waals surface area contributed by atoms with Gasteiger partial charge in [-0.05, 0) is 24.4 Å². The minimum Gasteiger partial charge on any atom is -0.351 e. The maximum atomic E-state index is 11.6. The van der Waals surface area contributed by atoms with Crippen molar-refractivity contribution in [1.82, 2.24) is 14.9 Å². The van der Waals surface area contributed by atoms with E-state index in [0.29, 0.717) is 4.88 Å². The molecule has 0 aliphatic rings. The van der Waals surface area contributed by atoms with Gasteiger partial charge in [0.1, 0.15) is 4.88 Å². The third-order valence-corrected chi connectivity index (χ3v) is 3.22. The molecule has 6 heteroatoms. The number of nitrogens with one attached hydrogen (secondary N) is 1. The van der Waals surface area contributed by atoms with Gasteiger partial charge in [-0.25, -0.2) is 0 Å². The zero-order valence-electron chi connectivity index (χ0n) is 7.92. The number of carbonyl (C=O) groups excluding carboxylic acids is 1. The van der Waals surface area contributed by atoms with Gasteiger partial charge < -0.3 is 5.32 Å². The van der Waals surface area contributed by atoms with Crippen molar-refractivity contribution in [3.05, 3.63) is 10.6 Å². The topological polar surface area (TPSA) is 54.9 Å². The zero-order valence-corrected chi connectivity index (χ0v) is 10.9. The highest BCUT2D eigenvalue weighted by Gasteiger charge is 2.13. The Morgan fingerprint density at radius 3 is 3.07 bits per heavy atom. The smallest absolute Gasteiger partial charge is 0.264 e. The number of alkyl halides is 1. The molecule has 14 heavy (non-hydrogen) atoms. The second kappa shape index (κ2) is 6.28. The van der Waals surface area contributed by atoms with E-state index in [2.05, 4.69) is 37.5 Å². The zero-order chi connectivity index (χ0) is 10.4. The Hall–Kier alpha value is -0.240. The number of rotatable bonds is 5. The van der Waals surface area contributed by atoms with Crippen LogP contribution in [0, 0.1) is 0 Å². The average molecular weight is 325 g/mol. The molecule has 0 fully saturated rings. The lowest BCUT2D eigenvalue weighted by atomic mass is 10.3. The fourth-order valence-electron chi connectivity index (χ4n) is 0.961. The molecular weight excluding hydrogens is 313 g/mol. The first kappa shape index (κ1) is 11.8. The van der Waals surface area contributed by atoms with Gasteiger partial charge in [-0.1, -0.05) is 34.0 Å². The highest BCUT2D eigenvalue weighted by molar-refractivity contribution is 14.1. The van der Waals surface area contributed by atoms with Gasteiger partial charge in [0.05, 0.1) is 5.69 Å².